The van der Waals surface area contributed by atoms with Gasteiger partial charge in [-0.1, -0.05) is 18.2 Å². The Morgan fingerprint density at radius 2 is 2.09 bits per heavy atom. The molecule has 1 aliphatic heterocycles. The van der Waals surface area contributed by atoms with Gasteiger partial charge in [-0.25, -0.2) is 0 Å². The number of rotatable bonds is 7. The summed E-state index contributed by atoms with van der Waals surface area (Å²) < 4.78 is 7.67. The van der Waals surface area contributed by atoms with Crippen molar-refractivity contribution in [2.24, 2.45) is 5.92 Å². The molecule has 170 valence electrons. The third-order valence-electron chi connectivity index (χ3n) is 6.61. The number of nitrogens with one attached hydrogen (secondary N) is 1. The van der Waals surface area contributed by atoms with E-state index in [1.807, 2.05) is 30.5 Å². The van der Waals surface area contributed by atoms with Gasteiger partial charge in [-0.05, 0) is 61.0 Å². The Kier molecular flexibility index (Phi) is 6.15. The van der Waals surface area contributed by atoms with Gasteiger partial charge in [-0.3, -0.25) is 9.78 Å². The van der Waals surface area contributed by atoms with E-state index in [1.54, 1.807) is 7.11 Å². The number of carbonyl (C=O) groups is 1. The molecule has 0 aliphatic carbocycles. The summed E-state index contributed by atoms with van der Waals surface area (Å²) in [4.78, 5) is 19.8. The number of ether oxygens (including phenoxy) is 1. The first kappa shape index (κ1) is 21.3. The van der Waals surface area contributed by atoms with Gasteiger partial charge < -0.3 is 19.5 Å². The summed E-state index contributed by atoms with van der Waals surface area (Å²) in [5.41, 5.74) is 3.31. The molecule has 0 radical (unpaired) electrons. The average Bonchev–Trinajstić information content (AvgIpc) is 3.29. The highest BCUT2D eigenvalue weighted by Crippen LogP contribution is 2.31. The zero-order valence-corrected chi connectivity index (χ0v) is 19.0. The molecule has 0 spiro atoms. The molecule has 3 heterocycles. The molecule has 6 heteroatoms. The molecule has 1 amide bonds. The fraction of sp³-hybridized carbons (Fsp3) is 0.333. The zero-order chi connectivity index (χ0) is 22.6. The minimum absolute atomic E-state index is 0.0000170. The number of carbonyl (C=O) groups excluding carboxylic acids is 1. The quantitative estimate of drug-likeness (QED) is 0.424. The van der Waals surface area contributed by atoms with Gasteiger partial charge in [0.2, 0.25) is 5.91 Å². The molecule has 1 aliphatic rings. The van der Waals surface area contributed by atoms with Gasteiger partial charge in [0.05, 0.1) is 18.5 Å². The van der Waals surface area contributed by atoms with Crippen molar-refractivity contribution in [1.82, 2.24) is 14.9 Å². The van der Waals surface area contributed by atoms with Crippen molar-refractivity contribution in [2.75, 3.05) is 31.6 Å². The molecule has 33 heavy (non-hydrogen) atoms. The Balaban J connectivity index is 1.19. The van der Waals surface area contributed by atoms with Crippen molar-refractivity contribution in [3.8, 4) is 5.75 Å². The number of anilines is 1. The Hall–Kier alpha value is -3.54. The zero-order valence-electron chi connectivity index (χ0n) is 19.0. The summed E-state index contributed by atoms with van der Waals surface area (Å²) in [7, 11) is 1.68. The number of methoxy groups -OCH3 is 1. The highest BCUT2D eigenvalue weighted by atomic mass is 16.5. The SMILES string of the molecule is COc1ccc2nccc(N3CCCC(C(=O)NCCCn4ccc5ccccc54)C3)c2c1. The Morgan fingerprint density at radius 3 is 3.00 bits per heavy atom. The smallest absolute Gasteiger partial charge is 0.224 e. The summed E-state index contributed by atoms with van der Waals surface area (Å²) in [5, 5.41) is 5.50. The Labute approximate surface area is 194 Å². The number of amides is 1. The van der Waals surface area contributed by atoms with E-state index in [-0.39, 0.29) is 11.8 Å². The normalized spacial score (nSPS) is 16.3. The monoisotopic (exact) mass is 442 g/mol. The minimum atomic E-state index is -0.0000170. The van der Waals surface area contributed by atoms with Crippen LogP contribution in [0.3, 0.4) is 0 Å². The number of piperidine rings is 1. The molecule has 0 bridgehead atoms. The lowest BCUT2D eigenvalue weighted by atomic mass is 9.96. The summed E-state index contributed by atoms with van der Waals surface area (Å²) >= 11 is 0. The molecule has 2 aromatic heterocycles. The van der Waals surface area contributed by atoms with Gasteiger partial charge >= 0.3 is 0 Å². The summed E-state index contributed by atoms with van der Waals surface area (Å²) in [6, 6.07) is 18.5. The van der Waals surface area contributed by atoms with Crippen molar-refractivity contribution in [3.63, 3.8) is 0 Å². The highest BCUT2D eigenvalue weighted by Gasteiger charge is 2.26. The van der Waals surface area contributed by atoms with Crippen LogP contribution < -0.4 is 15.0 Å². The van der Waals surface area contributed by atoms with E-state index in [9.17, 15) is 4.79 Å². The summed E-state index contributed by atoms with van der Waals surface area (Å²) in [6.45, 7) is 3.26. The molecule has 5 rings (SSSR count). The van der Waals surface area contributed by atoms with Gasteiger partial charge in [0, 0.05) is 55.2 Å². The highest BCUT2D eigenvalue weighted by molar-refractivity contribution is 5.93. The first-order valence-electron chi connectivity index (χ1n) is 11.7. The number of nitrogens with zero attached hydrogens (tertiary/aromatic N) is 3. The molecule has 2 aromatic carbocycles. The maximum atomic E-state index is 12.9. The molecule has 4 aromatic rings. The molecule has 6 nitrogen and oxygen atoms in total. The molecule has 1 fully saturated rings. The van der Waals surface area contributed by atoms with Crippen LogP contribution in [0.5, 0.6) is 5.75 Å². The maximum Gasteiger partial charge on any atom is 0.224 e. The van der Waals surface area contributed by atoms with Crippen LogP contribution in [0.15, 0.2) is 67.0 Å². The number of pyridine rings is 1. The first-order valence-corrected chi connectivity index (χ1v) is 11.7. The van der Waals surface area contributed by atoms with Crippen LogP contribution in [0.4, 0.5) is 5.69 Å². The van der Waals surface area contributed by atoms with E-state index < -0.39 is 0 Å². The lowest BCUT2D eigenvalue weighted by Gasteiger charge is -2.34. The van der Waals surface area contributed by atoms with Crippen LogP contribution in [0, 0.1) is 5.92 Å². The van der Waals surface area contributed by atoms with Crippen molar-refractivity contribution in [1.29, 1.82) is 0 Å². The summed E-state index contributed by atoms with van der Waals surface area (Å²) in [6.07, 6.45) is 6.81. The fourth-order valence-corrected chi connectivity index (χ4v) is 4.86. The van der Waals surface area contributed by atoms with Gasteiger partial charge in [-0.15, -0.1) is 0 Å². The fourth-order valence-electron chi connectivity index (χ4n) is 4.86. The second-order valence-electron chi connectivity index (χ2n) is 8.71. The second kappa shape index (κ2) is 9.53. The number of hydrogen-bond donors (Lipinski definition) is 1. The van der Waals surface area contributed by atoms with E-state index in [0.29, 0.717) is 6.54 Å². The number of aryl methyl sites for hydroxylation is 1. The van der Waals surface area contributed by atoms with Crippen molar-refractivity contribution < 1.29 is 9.53 Å². The van der Waals surface area contributed by atoms with E-state index >= 15 is 0 Å². The molecular formula is C27H30N4O2. The van der Waals surface area contributed by atoms with Crippen LogP contribution in [0.2, 0.25) is 0 Å². The largest absolute Gasteiger partial charge is 0.497 e. The van der Waals surface area contributed by atoms with Crippen molar-refractivity contribution in [2.45, 2.75) is 25.8 Å². The van der Waals surface area contributed by atoms with E-state index in [4.69, 9.17) is 4.74 Å². The van der Waals surface area contributed by atoms with Crippen LogP contribution in [0.25, 0.3) is 21.8 Å². The minimum Gasteiger partial charge on any atom is -0.497 e. The van der Waals surface area contributed by atoms with Crippen LogP contribution >= 0.6 is 0 Å². The lowest BCUT2D eigenvalue weighted by molar-refractivity contribution is -0.125. The van der Waals surface area contributed by atoms with Crippen LogP contribution in [0.1, 0.15) is 19.3 Å². The predicted octanol–water partition coefficient (Wildman–Crippen LogP) is 4.62. The topological polar surface area (TPSA) is 59.4 Å². The first-order chi connectivity index (χ1) is 16.2. The van der Waals surface area contributed by atoms with Crippen molar-refractivity contribution in [3.05, 3.63) is 67.0 Å². The summed E-state index contributed by atoms with van der Waals surface area (Å²) in [5.74, 6) is 0.978. The van der Waals surface area contributed by atoms with Gasteiger partial charge in [0.15, 0.2) is 0 Å². The van der Waals surface area contributed by atoms with E-state index in [0.717, 1.165) is 61.2 Å². The van der Waals surface area contributed by atoms with Crippen molar-refractivity contribution >= 4 is 33.4 Å². The Morgan fingerprint density at radius 1 is 1.18 bits per heavy atom. The third-order valence-corrected chi connectivity index (χ3v) is 6.61. The van der Waals surface area contributed by atoms with E-state index in [2.05, 4.69) is 56.3 Å². The number of para-hydroxylation sites is 1. The number of aromatic nitrogens is 2. The van der Waals surface area contributed by atoms with Crippen LogP contribution in [-0.2, 0) is 11.3 Å². The van der Waals surface area contributed by atoms with Crippen LogP contribution in [-0.4, -0.2) is 42.2 Å². The lowest BCUT2D eigenvalue weighted by Crippen LogP contribution is -2.43. The predicted molar refractivity (Wildman–Crippen MR) is 133 cm³/mol. The molecule has 1 N–H and O–H groups in total. The standard InChI is InChI=1S/C27H30N4O2/c1-33-22-9-10-24-23(18-22)26(11-14-28-24)31-15-4-7-21(19-31)27(32)29-13-5-16-30-17-12-20-6-2-3-8-25(20)30/h2-3,6,8-12,14,17-18,21H,4-5,7,13,15-16,19H2,1H3,(H,29,32). The third kappa shape index (κ3) is 4.51. The van der Waals surface area contributed by atoms with Gasteiger partial charge in [0.1, 0.15) is 5.75 Å². The van der Waals surface area contributed by atoms with E-state index in [1.165, 1.54) is 10.9 Å². The number of hydrogen-bond acceptors (Lipinski definition) is 4. The second-order valence-corrected chi connectivity index (χ2v) is 8.71. The number of fused-ring (bicyclic) bond motifs is 2. The average molecular weight is 443 g/mol. The molecular weight excluding hydrogens is 412 g/mol. The number of benzene rings is 2. The van der Waals surface area contributed by atoms with Gasteiger partial charge in [0.25, 0.3) is 0 Å². The molecule has 0 saturated carbocycles. The Bertz CT molecular complexity index is 1270. The molecule has 1 unspecified atom stereocenters. The molecule has 1 saturated heterocycles. The molecule has 1 atom stereocenters. The maximum absolute atomic E-state index is 12.9. The van der Waals surface area contributed by atoms with Gasteiger partial charge in [-0.2, -0.15) is 0 Å².